The van der Waals surface area contributed by atoms with Gasteiger partial charge in [-0.15, -0.1) is 34.7 Å². The number of ether oxygens (including phenoxy) is 3. The molecule has 0 aliphatic heterocycles. The fraction of sp³-hybridized carbons (Fsp3) is 0.286. The van der Waals surface area contributed by atoms with Gasteiger partial charge < -0.3 is 14.2 Å². The van der Waals surface area contributed by atoms with Crippen molar-refractivity contribution in [3.05, 3.63) is 75.4 Å². The average molecular weight is 369 g/mol. The van der Waals surface area contributed by atoms with E-state index in [9.17, 15) is 0 Å². The van der Waals surface area contributed by atoms with Gasteiger partial charge in [-0.25, -0.2) is 0 Å². The molecule has 0 atom stereocenters. The smallest absolute Gasteiger partial charge is 0.326 e. The van der Waals surface area contributed by atoms with Crippen LogP contribution in [0.5, 0.6) is 18.0 Å². The largest absolute Gasteiger partial charge is 0.459 e. The van der Waals surface area contributed by atoms with Crippen LogP contribution in [0.3, 0.4) is 0 Å². The second kappa shape index (κ2) is 11.5. The van der Waals surface area contributed by atoms with E-state index in [1.54, 1.807) is 30.4 Å². The summed E-state index contributed by atoms with van der Waals surface area (Å²) in [4.78, 5) is 12.5. The Bertz CT molecular complexity index is 658. The van der Waals surface area contributed by atoms with Crippen molar-refractivity contribution in [2.24, 2.45) is 0 Å². The Balaban J connectivity index is 3.30. The molecule has 27 heavy (non-hydrogen) atoms. The molecule has 0 amide bonds. The molecule has 1 heterocycles. The molecule has 1 aromatic heterocycles. The predicted molar refractivity (Wildman–Crippen MR) is 108 cm³/mol. The molecular weight excluding hydrogens is 342 g/mol. The van der Waals surface area contributed by atoms with Crippen LogP contribution >= 0.6 is 0 Å². The van der Waals surface area contributed by atoms with Gasteiger partial charge in [-0.05, 0) is 12.0 Å². The molecule has 0 spiro atoms. The standard InChI is InChI=1S/C21H27N3O3/c1-7-12-17(6)21(13-8-2,14-9-3)27-20-23-18(25-15-10-4)22-19(24-20)26-16-11-5/h7-11H,1-6,12-16H2. The van der Waals surface area contributed by atoms with Gasteiger partial charge in [0.25, 0.3) is 0 Å². The van der Waals surface area contributed by atoms with Crippen LogP contribution in [0.1, 0.15) is 19.3 Å². The topological polar surface area (TPSA) is 66.4 Å². The zero-order valence-corrected chi connectivity index (χ0v) is 15.7. The van der Waals surface area contributed by atoms with Gasteiger partial charge in [-0.2, -0.15) is 0 Å². The van der Waals surface area contributed by atoms with Gasteiger partial charge in [0.05, 0.1) is 0 Å². The molecular formula is C21H27N3O3. The van der Waals surface area contributed by atoms with Crippen LogP contribution in [0.15, 0.2) is 75.4 Å². The molecule has 6 heteroatoms. The monoisotopic (exact) mass is 369 g/mol. The summed E-state index contributed by atoms with van der Waals surface area (Å²) in [5.41, 5.74) is -0.00962. The van der Waals surface area contributed by atoms with E-state index in [0.29, 0.717) is 19.3 Å². The molecule has 0 bridgehead atoms. The van der Waals surface area contributed by atoms with Gasteiger partial charge in [0.15, 0.2) is 0 Å². The van der Waals surface area contributed by atoms with E-state index in [0.717, 1.165) is 5.57 Å². The Morgan fingerprint density at radius 2 is 1.22 bits per heavy atom. The molecule has 144 valence electrons. The van der Waals surface area contributed by atoms with Crippen molar-refractivity contribution in [3.63, 3.8) is 0 Å². The van der Waals surface area contributed by atoms with Gasteiger partial charge >= 0.3 is 18.0 Å². The lowest BCUT2D eigenvalue weighted by Crippen LogP contribution is -2.37. The Morgan fingerprint density at radius 3 is 1.63 bits per heavy atom. The number of rotatable bonds is 15. The predicted octanol–water partition coefficient (Wildman–Crippen LogP) is 4.40. The van der Waals surface area contributed by atoms with Gasteiger partial charge in [0, 0.05) is 12.8 Å². The van der Waals surface area contributed by atoms with Crippen molar-refractivity contribution in [2.45, 2.75) is 24.9 Å². The highest BCUT2D eigenvalue weighted by Crippen LogP contribution is 2.33. The zero-order chi connectivity index (χ0) is 20.1. The molecule has 0 saturated heterocycles. The molecule has 0 unspecified atom stereocenters. The van der Waals surface area contributed by atoms with E-state index >= 15 is 0 Å². The summed E-state index contributed by atoms with van der Waals surface area (Å²) in [6, 6.07) is 0.191. The lowest BCUT2D eigenvalue weighted by atomic mass is 9.85. The summed E-state index contributed by atoms with van der Waals surface area (Å²) in [6.45, 7) is 23.2. The van der Waals surface area contributed by atoms with Crippen LogP contribution < -0.4 is 14.2 Å². The summed E-state index contributed by atoms with van der Waals surface area (Å²) >= 11 is 0. The van der Waals surface area contributed by atoms with Crippen LogP contribution in [0.25, 0.3) is 0 Å². The normalized spacial score (nSPS) is 10.4. The Hall–Kier alpha value is -3.15. The first kappa shape index (κ1) is 21.9. The van der Waals surface area contributed by atoms with Crippen LogP contribution in [0.2, 0.25) is 0 Å². The highest BCUT2D eigenvalue weighted by molar-refractivity contribution is 5.23. The summed E-state index contributed by atoms with van der Waals surface area (Å²) in [7, 11) is 0. The van der Waals surface area contributed by atoms with Gasteiger partial charge in [-0.1, -0.05) is 50.1 Å². The maximum atomic E-state index is 6.17. The Labute approximate surface area is 161 Å². The maximum Gasteiger partial charge on any atom is 0.326 e. The molecule has 0 N–H and O–H groups in total. The third-order valence-electron chi connectivity index (χ3n) is 3.50. The minimum Gasteiger partial charge on any atom is -0.459 e. The van der Waals surface area contributed by atoms with Crippen LogP contribution in [0, 0.1) is 0 Å². The second-order valence-corrected chi connectivity index (χ2v) is 5.56. The Kier molecular flexibility index (Phi) is 9.29. The molecule has 0 aliphatic rings. The first-order chi connectivity index (χ1) is 13.0. The molecule has 0 radical (unpaired) electrons. The number of aromatic nitrogens is 3. The molecule has 0 fully saturated rings. The fourth-order valence-electron chi connectivity index (χ4n) is 2.29. The lowest BCUT2D eigenvalue weighted by molar-refractivity contribution is 0.0950. The van der Waals surface area contributed by atoms with E-state index in [1.165, 1.54) is 0 Å². The number of hydrogen-bond acceptors (Lipinski definition) is 6. The second-order valence-electron chi connectivity index (χ2n) is 5.56. The van der Waals surface area contributed by atoms with Crippen LogP contribution in [-0.4, -0.2) is 33.8 Å². The molecule has 1 rings (SSSR count). The quantitative estimate of drug-likeness (QED) is 0.427. The van der Waals surface area contributed by atoms with E-state index in [-0.39, 0.29) is 31.2 Å². The highest BCUT2D eigenvalue weighted by Gasteiger charge is 2.34. The van der Waals surface area contributed by atoms with Crippen LogP contribution in [0.4, 0.5) is 0 Å². The van der Waals surface area contributed by atoms with Crippen molar-refractivity contribution in [2.75, 3.05) is 13.2 Å². The van der Waals surface area contributed by atoms with Crippen molar-refractivity contribution >= 4 is 0 Å². The molecule has 1 aromatic rings. The third-order valence-corrected chi connectivity index (χ3v) is 3.50. The number of nitrogens with zero attached hydrogens (tertiary/aromatic N) is 3. The summed E-state index contributed by atoms with van der Waals surface area (Å²) in [5, 5.41) is 0. The number of hydrogen-bond donors (Lipinski definition) is 0. The Morgan fingerprint density at radius 1 is 0.741 bits per heavy atom. The van der Waals surface area contributed by atoms with Crippen molar-refractivity contribution in [3.8, 4) is 18.0 Å². The van der Waals surface area contributed by atoms with Crippen molar-refractivity contribution in [1.29, 1.82) is 0 Å². The van der Waals surface area contributed by atoms with E-state index in [4.69, 9.17) is 14.2 Å². The first-order valence-corrected chi connectivity index (χ1v) is 8.48. The molecule has 6 nitrogen and oxygen atoms in total. The van der Waals surface area contributed by atoms with Gasteiger partial charge in [0.1, 0.15) is 18.8 Å². The SMILES string of the molecule is C=CCOc1nc(OCC=C)nc(OC(CC=C)(CC=C)C(=C)CC=C)n1. The third kappa shape index (κ3) is 6.58. The summed E-state index contributed by atoms with van der Waals surface area (Å²) < 4.78 is 17.0. The van der Waals surface area contributed by atoms with E-state index in [2.05, 4.69) is 54.4 Å². The van der Waals surface area contributed by atoms with Crippen LogP contribution in [-0.2, 0) is 0 Å². The summed E-state index contributed by atoms with van der Waals surface area (Å²) in [6.07, 6.45) is 9.97. The van der Waals surface area contributed by atoms with Gasteiger partial charge in [0.2, 0.25) is 0 Å². The fourth-order valence-corrected chi connectivity index (χ4v) is 2.29. The molecule has 0 aliphatic carbocycles. The minimum absolute atomic E-state index is 0.0528. The lowest BCUT2D eigenvalue weighted by Gasteiger charge is -2.33. The highest BCUT2D eigenvalue weighted by atomic mass is 16.5. The maximum absolute atomic E-state index is 6.17. The van der Waals surface area contributed by atoms with E-state index in [1.807, 2.05) is 0 Å². The summed E-state index contributed by atoms with van der Waals surface area (Å²) in [5.74, 6) is 0. The van der Waals surface area contributed by atoms with Crippen molar-refractivity contribution < 1.29 is 14.2 Å². The molecule has 0 saturated carbocycles. The average Bonchev–Trinajstić information content (AvgIpc) is 2.65. The van der Waals surface area contributed by atoms with Gasteiger partial charge in [-0.3, -0.25) is 0 Å². The minimum atomic E-state index is -0.815. The van der Waals surface area contributed by atoms with E-state index < -0.39 is 5.60 Å². The zero-order valence-electron chi connectivity index (χ0n) is 15.7. The van der Waals surface area contributed by atoms with Crippen molar-refractivity contribution in [1.82, 2.24) is 15.0 Å². The first-order valence-electron chi connectivity index (χ1n) is 8.48. The number of allylic oxidation sites excluding steroid dienone is 1. The molecule has 0 aromatic carbocycles.